The fourth-order valence-corrected chi connectivity index (χ4v) is 2.04. The highest BCUT2D eigenvalue weighted by molar-refractivity contribution is 5.90. The summed E-state index contributed by atoms with van der Waals surface area (Å²) in [5, 5.41) is 2.64. The first-order valence-electron chi connectivity index (χ1n) is 7.91. The monoisotopic (exact) mass is 341 g/mol. The molecule has 2 aromatic rings. The van der Waals surface area contributed by atoms with Crippen molar-refractivity contribution >= 4 is 18.0 Å². The second kappa shape index (κ2) is 8.78. The zero-order valence-corrected chi connectivity index (χ0v) is 14.2. The van der Waals surface area contributed by atoms with Crippen LogP contribution in [0.2, 0.25) is 0 Å². The van der Waals surface area contributed by atoms with Gasteiger partial charge in [-0.05, 0) is 43.2 Å². The maximum atomic E-state index is 12.8. The predicted octanol–water partition coefficient (Wildman–Crippen LogP) is 3.40. The molecule has 0 aliphatic rings. The van der Waals surface area contributed by atoms with Crippen molar-refractivity contribution in [2.75, 3.05) is 0 Å². The van der Waals surface area contributed by atoms with E-state index < -0.39 is 18.0 Å². The molecule has 25 heavy (non-hydrogen) atoms. The van der Waals surface area contributed by atoms with E-state index >= 15 is 0 Å². The Morgan fingerprint density at radius 1 is 1.12 bits per heavy atom. The summed E-state index contributed by atoms with van der Waals surface area (Å²) in [4.78, 5) is 23.7. The van der Waals surface area contributed by atoms with Crippen LogP contribution in [0.5, 0.6) is 0 Å². The van der Waals surface area contributed by atoms with Crippen LogP contribution >= 0.6 is 0 Å². The Kier molecular flexibility index (Phi) is 6.46. The summed E-state index contributed by atoms with van der Waals surface area (Å²) in [5.41, 5.74) is 2.76. The molecule has 1 atom stereocenters. The average molecular weight is 341 g/mol. The van der Waals surface area contributed by atoms with Gasteiger partial charge in [-0.25, -0.2) is 9.18 Å². The second-order valence-corrected chi connectivity index (χ2v) is 5.67. The van der Waals surface area contributed by atoms with Crippen LogP contribution in [-0.2, 0) is 20.9 Å². The number of rotatable bonds is 6. The summed E-state index contributed by atoms with van der Waals surface area (Å²) < 4.78 is 17.9. The number of aryl methyl sites for hydroxylation is 1. The van der Waals surface area contributed by atoms with Crippen LogP contribution in [0.15, 0.2) is 54.6 Å². The van der Waals surface area contributed by atoms with Crippen LogP contribution in [0, 0.1) is 12.7 Å². The summed E-state index contributed by atoms with van der Waals surface area (Å²) in [6.45, 7) is 3.71. The highest BCUT2D eigenvalue weighted by atomic mass is 19.1. The lowest BCUT2D eigenvalue weighted by atomic mass is 10.1. The minimum atomic E-state index is -0.921. The number of halogens is 1. The lowest BCUT2D eigenvalue weighted by molar-refractivity contribution is -0.150. The summed E-state index contributed by atoms with van der Waals surface area (Å²) in [5.74, 6) is -1.34. The van der Waals surface area contributed by atoms with Gasteiger partial charge in [0.05, 0.1) is 0 Å². The molecule has 130 valence electrons. The number of hydrogen-bond acceptors (Lipinski definition) is 3. The molecule has 0 bridgehead atoms. The van der Waals surface area contributed by atoms with Gasteiger partial charge in [-0.2, -0.15) is 0 Å². The smallest absolute Gasteiger partial charge is 0.331 e. The molecular weight excluding hydrogens is 321 g/mol. The number of benzene rings is 2. The Labute approximate surface area is 146 Å². The molecule has 0 fully saturated rings. The van der Waals surface area contributed by atoms with E-state index in [9.17, 15) is 14.0 Å². The number of esters is 1. The van der Waals surface area contributed by atoms with Crippen LogP contribution in [0.4, 0.5) is 4.39 Å². The molecule has 2 rings (SSSR count). The molecule has 4 nitrogen and oxygen atoms in total. The van der Waals surface area contributed by atoms with E-state index in [0.29, 0.717) is 0 Å². The number of amides is 1. The fourth-order valence-electron chi connectivity index (χ4n) is 2.04. The minimum absolute atomic E-state index is 0.236. The first-order valence-corrected chi connectivity index (χ1v) is 7.91. The number of carbonyl (C=O) groups excluding carboxylic acids is 2. The molecule has 0 spiro atoms. The summed E-state index contributed by atoms with van der Waals surface area (Å²) >= 11 is 0. The first kappa shape index (κ1) is 18.4. The molecule has 0 unspecified atom stereocenters. The van der Waals surface area contributed by atoms with Gasteiger partial charge in [-0.15, -0.1) is 0 Å². The third-order valence-electron chi connectivity index (χ3n) is 3.53. The van der Waals surface area contributed by atoms with Crippen molar-refractivity contribution in [1.29, 1.82) is 0 Å². The van der Waals surface area contributed by atoms with Crippen LogP contribution in [0.3, 0.4) is 0 Å². The molecule has 5 heteroatoms. The van der Waals surface area contributed by atoms with Gasteiger partial charge in [0.1, 0.15) is 5.82 Å². The highest BCUT2D eigenvalue weighted by Gasteiger charge is 2.16. The predicted molar refractivity (Wildman–Crippen MR) is 94.0 cm³/mol. The number of hydrogen-bond donors (Lipinski definition) is 1. The van der Waals surface area contributed by atoms with Gasteiger partial charge < -0.3 is 10.1 Å². The molecule has 2 aromatic carbocycles. The largest absolute Gasteiger partial charge is 0.449 e. The van der Waals surface area contributed by atoms with Crippen molar-refractivity contribution in [1.82, 2.24) is 5.32 Å². The van der Waals surface area contributed by atoms with E-state index in [0.717, 1.165) is 16.7 Å². The molecule has 0 aromatic heterocycles. The van der Waals surface area contributed by atoms with Crippen LogP contribution in [0.25, 0.3) is 6.08 Å². The summed E-state index contributed by atoms with van der Waals surface area (Å²) in [6, 6.07) is 13.5. The van der Waals surface area contributed by atoms with Gasteiger partial charge in [0.25, 0.3) is 5.91 Å². The van der Waals surface area contributed by atoms with Crippen molar-refractivity contribution in [3.63, 3.8) is 0 Å². The zero-order valence-electron chi connectivity index (χ0n) is 14.2. The van der Waals surface area contributed by atoms with Gasteiger partial charge in [0.15, 0.2) is 6.10 Å². The van der Waals surface area contributed by atoms with E-state index in [1.807, 2.05) is 31.2 Å². The molecule has 0 radical (unpaired) electrons. The van der Waals surface area contributed by atoms with Gasteiger partial charge in [0, 0.05) is 12.6 Å². The van der Waals surface area contributed by atoms with Crippen LogP contribution in [0.1, 0.15) is 23.6 Å². The normalized spacial score (nSPS) is 12.0. The highest BCUT2D eigenvalue weighted by Crippen LogP contribution is 2.06. The molecule has 1 amide bonds. The maximum Gasteiger partial charge on any atom is 0.331 e. The van der Waals surface area contributed by atoms with E-state index in [1.54, 1.807) is 18.2 Å². The van der Waals surface area contributed by atoms with Crippen molar-refractivity contribution in [2.45, 2.75) is 26.5 Å². The molecule has 0 aliphatic carbocycles. The Hall–Kier alpha value is -2.95. The Morgan fingerprint density at radius 2 is 1.76 bits per heavy atom. The molecular formula is C20H20FNO3. The SMILES string of the molecule is Cc1ccc(/C=C/C(=O)O[C@@H](C)C(=O)NCc2ccc(F)cc2)cc1. The van der Waals surface area contributed by atoms with Crippen molar-refractivity contribution < 1.29 is 18.7 Å². The van der Waals surface area contributed by atoms with Gasteiger partial charge in [-0.3, -0.25) is 4.79 Å². The second-order valence-electron chi connectivity index (χ2n) is 5.67. The fraction of sp³-hybridized carbons (Fsp3) is 0.200. The Morgan fingerprint density at radius 3 is 2.40 bits per heavy atom. The molecule has 0 heterocycles. The Balaban J connectivity index is 1.80. The summed E-state index contributed by atoms with van der Waals surface area (Å²) in [7, 11) is 0. The minimum Gasteiger partial charge on any atom is -0.449 e. The van der Waals surface area contributed by atoms with E-state index in [-0.39, 0.29) is 12.4 Å². The van der Waals surface area contributed by atoms with Crippen LogP contribution < -0.4 is 5.32 Å². The number of ether oxygens (including phenoxy) is 1. The van der Waals surface area contributed by atoms with E-state index in [1.165, 1.54) is 25.1 Å². The van der Waals surface area contributed by atoms with Gasteiger partial charge in [-0.1, -0.05) is 42.0 Å². The zero-order chi connectivity index (χ0) is 18.2. The van der Waals surface area contributed by atoms with Gasteiger partial charge >= 0.3 is 5.97 Å². The summed E-state index contributed by atoms with van der Waals surface area (Å²) in [6.07, 6.45) is 2.00. The van der Waals surface area contributed by atoms with Crippen LogP contribution in [-0.4, -0.2) is 18.0 Å². The third kappa shape index (κ3) is 6.22. The lowest BCUT2D eigenvalue weighted by Gasteiger charge is -2.12. The molecule has 0 aliphatic heterocycles. The lowest BCUT2D eigenvalue weighted by Crippen LogP contribution is -2.35. The maximum absolute atomic E-state index is 12.8. The van der Waals surface area contributed by atoms with E-state index in [2.05, 4.69) is 5.32 Å². The standard InChI is InChI=1S/C20H20FNO3/c1-14-3-5-16(6-4-14)9-12-19(23)25-15(2)20(24)22-13-17-7-10-18(21)11-8-17/h3-12,15H,13H2,1-2H3,(H,22,24)/b12-9+/t15-/m0/s1. The van der Waals surface area contributed by atoms with Gasteiger partial charge in [0.2, 0.25) is 0 Å². The number of nitrogens with one attached hydrogen (secondary N) is 1. The molecule has 1 N–H and O–H groups in total. The quantitative estimate of drug-likeness (QED) is 0.647. The van der Waals surface area contributed by atoms with E-state index in [4.69, 9.17) is 4.74 Å². The van der Waals surface area contributed by atoms with Crippen molar-refractivity contribution in [3.05, 3.63) is 77.1 Å². The Bertz CT molecular complexity index is 752. The first-order chi connectivity index (χ1) is 11.9. The topological polar surface area (TPSA) is 55.4 Å². The average Bonchev–Trinajstić information content (AvgIpc) is 2.60. The van der Waals surface area contributed by atoms with Crippen molar-refractivity contribution in [3.8, 4) is 0 Å². The number of carbonyl (C=O) groups is 2. The third-order valence-corrected chi connectivity index (χ3v) is 3.53. The van der Waals surface area contributed by atoms with Crippen molar-refractivity contribution in [2.24, 2.45) is 0 Å². The molecule has 0 saturated carbocycles. The molecule has 0 saturated heterocycles.